The van der Waals surface area contributed by atoms with E-state index in [2.05, 4.69) is 33.4 Å². The molecule has 14 heavy (non-hydrogen) atoms. The van der Waals surface area contributed by atoms with Crippen molar-refractivity contribution < 1.29 is 0 Å². The Morgan fingerprint density at radius 2 is 2.36 bits per heavy atom. The van der Waals surface area contributed by atoms with E-state index < -0.39 is 0 Å². The van der Waals surface area contributed by atoms with Gasteiger partial charge in [-0.25, -0.2) is 0 Å². The zero-order valence-electron chi connectivity index (χ0n) is 7.63. The molecule has 0 saturated carbocycles. The summed E-state index contributed by atoms with van der Waals surface area (Å²) in [5.41, 5.74) is 1.25. The first-order valence-corrected chi connectivity index (χ1v) is 5.77. The van der Waals surface area contributed by atoms with Gasteiger partial charge in [0.05, 0.1) is 0 Å². The second kappa shape index (κ2) is 4.47. The summed E-state index contributed by atoms with van der Waals surface area (Å²) in [6.07, 6.45) is 5.34. The first kappa shape index (κ1) is 10.2. The molecule has 0 bridgehead atoms. The summed E-state index contributed by atoms with van der Waals surface area (Å²) in [5.74, 6) is 0. The van der Waals surface area contributed by atoms with Crippen LogP contribution in [0.15, 0.2) is 34.8 Å². The summed E-state index contributed by atoms with van der Waals surface area (Å²) in [7, 11) is 0. The molecule has 74 valence electrons. The van der Waals surface area contributed by atoms with Gasteiger partial charge in [0.1, 0.15) is 0 Å². The highest BCUT2D eigenvalue weighted by molar-refractivity contribution is 9.10. The van der Waals surface area contributed by atoms with Crippen molar-refractivity contribution in [3.8, 4) is 0 Å². The molecule has 1 heterocycles. The molecule has 1 aliphatic heterocycles. The van der Waals surface area contributed by atoms with Crippen molar-refractivity contribution in [2.75, 3.05) is 6.54 Å². The minimum atomic E-state index is 0.449. The van der Waals surface area contributed by atoms with Crippen molar-refractivity contribution in [1.82, 2.24) is 5.32 Å². The summed E-state index contributed by atoms with van der Waals surface area (Å²) in [4.78, 5) is 0. The SMILES string of the molecule is Clc1ccc(Br)c(CC2C=CCN2)c1. The third-order valence-electron chi connectivity index (χ3n) is 2.31. The molecule has 0 fully saturated rings. The van der Waals surface area contributed by atoms with Crippen molar-refractivity contribution in [1.29, 1.82) is 0 Å². The quantitative estimate of drug-likeness (QED) is 0.816. The first-order chi connectivity index (χ1) is 6.75. The zero-order valence-corrected chi connectivity index (χ0v) is 9.98. The van der Waals surface area contributed by atoms with Crippen LogP contribution in [0, 0.1) is 0 Å². The van der Waals surface area contributed by atoms with Crippen LogP contribution in [0.1, 0.15) is 5.56 Å². The summed E-state index contributed by atoms with van der Waals surface area (Å²) >= 11 is 9.47. The van der Waals surface area contributed by atoms with E-state index in [-0.39, 0.29) is 0 Å². The number of hydrogen-bond acceptors (Lipinski definition) is 1. The highest BCUT2D eigenvalue weighted by atomic mass is 79.9. The van der Waals surface area contributed by atoms with Gasteiger partial charge in [-0.1, -0.05) is 39.7 Å². The van der Waals surface area contributed by atoms with E-state index in [0.717, 1.165) is 22.5 Å². The molecule has 0 radical (unpaired) electrons. The minimum absolute atomic E-state index is 0.449. The largest absolute Gasteiger partial charge is 0.307 e. The van der Waals surface area contributed by atoms with Gasteiger partial charge >= 0.3 is 0 Å². The van der Waals surface area contributed by atoms with Crippen molar-refractivity contribution in [3.05, 3.63) is 45.4 Å². The van der Waals surface area contributed by atoms with Crippen LogP contribution in [-0.4, -0.2) is 12.6 Å². The van der Waals surface area contributed by atoms with Crippen LogP contribution in [0.4, 0.5) is 0 Å². The minimum Gasteiger partial charge on any atom is -0.307 e. The van der Waals surface area contributed by atoms with Gasteiger partial charge in [-0.2, -0.15) is 0 Å². The number of rotatable bonds is 2. The third kappa shape index (κ3) is 2.38. The standard InChI is InChI=1S/C11H11BrClN/c12-11-4-3-9(13)6-8(11)7-10-2-1-5-14-10/h1-4,6,10,14H,5,7H2. The molecule has 1 aromatic rings. The fourth-order valence-corrected chi connectivity index (χ4v) is 2.20. The maximum absolute atomic E-state index is 5.94. The molecule has 0 amide bonds. The highest BCUT2D eigenvalue weighted by Gasteiger charge is 2.10. The van der Waals surface area contributed by atoms with Crippen LogP contribution in [0.5, 0.6) is 0 Å². The van der Waals surface area contributed by atoms with Gasteiger partial charge in [-0.05, 0) is 30.2 Å². The van der Waals surface area contributed by atoms with Crippen molar-refractivity contribution in [3.63, 3.8) is 0 Å². The molecule has 3 heteroatoms. The number of hydrogen-bond donors (Lipinski definition) is 1. The molecule has 0 aliphatic carbocycles. The van der Waals surface area contributed by atoms with Gasteiger partial charge in [-0.3, -0.25) is 0 Å². The maximum Gasteiger partial charge on any atom is 0.0409 e. The van der Waals surface area contributed by atoms with E-state index in [1.807, 2.05) is 18.2 Å². The van der Waals surface area contributed by atoms with Gasteiger partial charge in [0.2, 0.25) is 0 Å². The van der Waals surface area contributed by atoms with E-state index in [9.17, 15) is 0 Å². The Morgan fingerprint density at radius 3 is 3.07 bits per heavy atom. The molecule has 1 nitrogen and oxygen atoms in total. The molecule has 1 aromatic carbocycles. The number of benzene rings is 1. The first-order valence-electron chi connectivity index (χ1n) is 4.59. The van der Waals surface area contributed by atoms with E-state index in [0.29, 0.717) is 6.04 Å². The summed E-state index contributed by atoms with van der Waals surface area (Å²) in [5, 5.41) is 4.17. The molecule has 2 rings (SSSR count). The predicted octanol–water partition coefficient (Wildman–Crippen LogP) is 3.17. The van der Waals surface area contributed by atoms with Crippen LogP contribution in [0.3, 0.4) is 0 Å². The molecule has 1 N–H and O–H groups in total. The van der Waals surface area contributed by atoms with Crippen molar-refractivity contribution >= 4 is 27.5 Å². The molecule has 0 saturated heterocycles. The lowest BCUT2D eigenvalue weighted by Crippen LogP contribution is -2.24. The van der Waals surface area contributed by atoms with E-state index in [4.69, 9.17) is 11.6 Å². The Hall–Kier alpha value is -0.310. The average molecular weight is 273 g/mol. The van der Waals surface area contributed by atoms with Gasteiger partial charge in [0.15, 0.2) is 0 Å². The van der Waals surface area contributed by atoms with E-state index >= 15 is 0 Å². The van der Waals surface area contributed by atoms with Gasteiger partial charge in [0.25, 0.3) is 0 Å². The maximum atomic E-state index is 5.94. The monoisotopic (exact) mass is 271 g/mol. The lowest BCUT2D eigenvalue weighted by atomic mass is 10.1. The summed E-state index contributed by atoms with van der Waals surface area (Å²) in [6, 6.07) is 6.35. The number of nitrogens with one attached hydrogen (secondary N) is 1. The van der Waals surface area contributed by atoms with Crippen LogP contribution in [0.25, 0.3) is 0 Å². The fraction of sp³-hybridized carbons (Fsp3) is 0.273. The second-order valence-corrected chi connectivity index (χ2v) is 4.67. The second-order valence-electron chi connectivity index (χ2n) is 3.38. The van der Waals surface area contributed by atoms with E-state index in [1.54, 1.807) is 0 Å². The molecular formula is C11H11BrClN. The summed E-state index contributed by atoms with van der Waals surface area (Å²) in [6.45, 7) is 0.975. The fourth-order valence-electron chi connectivity index (χ4n) is 1.60. The lowest BCUT2D eigenvalue weighted by molar-refractivity contribution is 0.664. The van der Waals surface area contributed by atoms with Crippen molar-refractivity contribution in [2.45, 2.75) is 12.5 Å². The lowest BCUT2D eigenvalue weighted by Gasteiger charge is -2.10. The smallest absolute Gasteiger partial charge is 0.0409 e. The van der Waals surface area contributed by atoms with Crippen LogP contribution >= 0.6 is 27.5 Å². The van der Waals surface area contributed by atoms with E-state index in [1.165, 1.54) is 5.56 Å². The Kier molecular flexibility index (Phi) is 3.26. The van der Waals surface area contributed by atoms with Gasteiger partial charge < -0.3 is 5.32 Å². The summed E-state index contributed by atoms with van der Waals surface area (Å²) < 4.78 is 1.13. The number of halogens is 2. The molecule has 0 spiro atoms. The zero-order chi connectivity index (χ0) is 9.97. The molecule has 1 aliphatic rings. The van der Waals surface area contributed by atoms with Crippen LogP contribution < -0.4 is 5.32 Å². The van der Waals surface area contributed by atoms with Gasteiger partial charge in [0, 0.05) is 22.1 Å². The molecule has 1 atom stereocenters. The Bertz CT molecular complexity index is 362. The third-order valence-corrected chi connectivity index (χ3v) is 3.32. The Labute approximate surface area is 97.3 Å². The predicted molar refractivity (Wildman–Crippen MR) is 63.8 cm³/mol. The molecule has 0 aromatic heterocycles. The highest BCUT2D eigenvalue weighted by Crippen LogP contribution is 2.23. The topological polar surface area (TPSA) is 12.0 Å². The van der Waals surface area contributed by atoms with Gasteiger partial charge in [-0.15, -0.1) is 0 Å². The Balaban J connectivity index is 2.15. The van der Waals surface area contributed by atoms with Crippen LogP contribution in [0.2, 0.25) is 5.02 Å². The Morgan fingerprint density at radius 1 is 1.50 bits per heavy atom. The average Bonchev–Trinajstić information content (AvgIpc) is 2.64. The molecular weight excluding hydrogens is 261 g/mol. The normalized spacial score (nSPS) is 20.3. The van der Waals surface area contributed by atoms with Crippen molar-refractivity contribution in [2.24, 2.45) is 0 Å². The van der Waals surface area contributed by atoms with Crippen LogP contribution in [-0.2, 0) is 6.42 Å². The molecule has 1 unspecified atom stereocenters.